The van der Waals surface area contributed by atoms with Crippen LogP contribution in [0.3, 0.4) is 0 Å². The molecule has 0 spiro atoms. The van der Waals surface area contributed by atoms with Crippen molar-refractivity contribution in [3.63, 3.8) is 0 Å². The molecule has 7 nitrogen and oxygen atoms in total. The average Bonchev–Trinajstić information content (AvgIpc) is 3.51. The van der Waals surface area contributed by atoms with Crippen molar-refractivity contribution in [1.29, 1.82) is 0 Å². The van der Waals surface area contributed by atoms with Crippen LogP contribution in [0.15, 0.2) is 18.2 Å². The number of anilines is 2. The fraction of sp³-hybridized carbons (Fsp3) is 0.615. The molecule has 0 radical (unpaired) electrons. The summed E-state index contributed by atoms with van der Waals surface area (Å²) < 4.78 is 0. The number of piperazine rings is 1. The molecule has 3 fully saturated rings. The fourth-order valence-corrected chi connectivity index (χ4v) is 6.79. The van der Waals surface area contributed by atoms with E-state index in [1.54, 1.807) is 11.3 Å². The number of carbonyl (C=O) groups is 2. The molecule has 0 N–H and O–H groups in total. The Morgan fingerprint density at radius 2 is 1.85 bits per heavy atom. The van der Waals surface area contributed by atoms with Crippen LogP contribution in [0.25, 0.3) is 0 Å². The van der Waals surface area contributed by atoms with E-state index in [4.69, 9.17) is 0 Å². The van der Waals surface area contributed by atoms with Gasteiger partial charge in [-0.1, -0.05) is 55.7 Å². The lowest BCUT2D eigenvalue weighted by Gasteiger charge is -2.35. The number of hydrogen-bond donors (Lipinski definition) is 0. The van der Waals surface area contributed by atoms with Crippen molar-refractivity contribution in [2.75, 3.05) is 42.5 Å². The van der Waals surface area contributed by atoms with Crippen LogP contribution in [0.1, 0.15) is 67.5 Å². The van der Waals surface area contributed by atoms with Gasteiger partial charge < -0.3 is 14.7 Å². The molecule has 3 aliphatic rings. The maximum absolute atomic E-state index is 13.3. The molecule has 2 amide bonds. The lowest BCUT2D eigenvalue weighted by molar-refractivity contribution is -0.136. The van der Waals surface area contributed by atoms with E-state index in [9.17, 15) is 9.59 Å². The summed E-state index contributed by atoms with van der Waals surface area (Å²) in [6, 6.07) is 6.16. The van der Waals surface area contributed by atoms with Crippen LogP contribution in [-0.2, 0) is 16.0 Å². The second-order valence-electron chi connectivity index (χ2n) is 9.91. The van der Waals surface area contributed by atoms with Crippen molar-refractivity contribution in [3.05, 3.63) is 34.3 Å². The number of hydrogen-bond acceptors (Lipinski definition) is 6. The maximum atomic E-state index is 13.3. The third-order valence-corrected chi connectivity index (χ3v) is 8.84. The van der Waals surface area contributed by atoms with Crippen molar-refractivity contribution in [2.45, 2.75) is 64.7 Å². The Balaban J connectivity index is 1.19. The number of aryl methyl sites for hydroxylation is 2. The quantitative estimate of drug-likeness (QED) is 0.641. The molecule has 1 aromatic heterocycles. The van der Waals surface area contributed by atoms with Gasteiger partial charge in [-0.25, -0.2) is 0 Å². The van der Waals surface area contributed by atoms with Crippen LogP contribution in [0.4, 0.5) is 10.8 Å². The first-order valence-electron chi connectivity index (χ1n) is 12.8. The highest BCUT2D eigenvalue weighted by molar-refractivity contribution is 7.15. The van der Waals surface area contributed by atoms with Crippen LogP contribution in [0.5, 0.6) is 0 Å². The molecule has 1 aliphatic carbocycles. The van der Waals surface area contributed by atoms with Gasteiger partial charge >= 0.3 is 0 Å². The lowest BCUT2D eigenvalue weighted by atomic mass is 9.90. The molecule has 0 bridgehead atoms. The number of carbonyl (C=O) groups excluding carboxylic acids is 2. The molecular formula is C26H35N5O2S. The first-order valence-corrected chi connectivity index (χ1v) is 13.6. The Morgan fingerprint density at radius 3 is 2.59 bits per heavy atom. The number of nitrogens with zero attached hydrogens (tertiary/aromatic N) is 5. The molecule has 34 heavy (non-hydrogen) atoms. The highest BCUT2D eigenvalue weighted by Crippen LogP contribution is 2.36. The number of aromatic nitrogens is 2. The van der Waals surface area contributed by atoms with Gasteiger partial charge in [0, 0.05) is 50.7 Å². The molecule has 2 aromatic rings. The third kappa shape index (κ3) is 4.57. The predicted octanol–water partition coefficient (Wildman–Crippen LogP) is 4.16. The highest BCUT2D eigenvalue weighted by Gasteiger charge is 2.39. The van der Waals surface area contributed by atoms with Crippen LogP contribution < -0.4 is 9.80 Å². The van der Waals surface area contributed by atoms with Crippen molar-refractivity contribution >= 4 is 34.0 Å². The summed E-state index contributed by atoms with van der Waals surface area (Å²) in [5.41, 5.74) is 3.26. The zero-order valence-electron chi connectivity index (χ0n) is 20.3. The molecule has 5 rings (SSSR count). The Labute approximate surface area is 206 Å². The minimum atomic E-state index is -0.261. The predicted molar refractivity (Wildman–Crippen MR) is 136 cm³/mol. The van der Waals surface area contributed by atoms with E-state index in [2.05, 4.69) is 28.1 Å². The molecule has 1 unspecified atom stereocenters. The second-order valence-corrected chi connectivity index (χ2v) is 10.9. The lowest BCUT2D eigenvalue weighted by Crippen LogP contribution is -2.50. The van der Waals surface area contributed by atoms with Crippen LogP contribution in [-0.4, -0.2) is 59.6 Å². The minimum Gasteiger partial charge on any atom is -0.343 e. The summed E-state index contributed by atoms with van der Waals surface area (Å²) in [5, 5.41) is 11.2. The monoisotopic (exact) mass is 481 g/mol. The highest BCUT2D eigenvalue weighted by atomic mass is 32.1. The standard InChI is InChI=1S/C26H35N5O2S/c1-3-19-11-7-8-18(2)23(19)31-17-21(16-22(31)32)25(33)29-12-14-30(15-13-29)26-28-27-24(34-26)20-9-5-4-6-10-20/h7-8,11,20-21H,3-6,9-10,12-17H2,1-2H3. The molecule has 2 saturated heterocycles. The zero-order valence-corrected chi connectivity index (χ0v) is 21.1. The summed E-state index contributed by atoms with van der Waals surface area (Å²) in [6.07, 6.45) is 7.57. The SMILES string of the molecule is CCc1cccc(C)c1N1CC(C(=O)N2CCN(c3nnc(C4CCCCC4)s3)CC2)CC1=O. The molecule has 1 aromatic carbocycles. The third-order valence-electron chi connectivity index (χ3n) is 7.69. The molecule has 2 aliphatic heterocycles. The van der Waals surface area contributed by atoms with Gasteiger partial charge in [0.2, 0.25) is 16.9 Å². The van der Waals surface area contributed by atoms with E-state index in [0.717, 1.165) is 35.9 Å². The first-order chi connectivity index (χ1) is 16.5. The minimum absolute atomic E-state index is 0.0603. The van der Waals surface area contributed by atoms with Gasteiger partial charge in [-0.2, -0.15) is 0 Å². The van der Waals surface area contributed by atoms with Crippen LogP contribution >= 0.6 is 11.3 Å². The maximum Gasteiger partial charge on any atom is 0.228 e. The van der Waals surface area contributed by atoms with Gasteiger partial charge in [0.15, 0.2) is 0 Å². The zero-order chi connectivity index (χ0) is 23.7. The molecule has 1 saturated carbocycles. The summed E-state index contributed by atoms with van der Waals surface area (Å²) in [6.45, 7) is 7.52. The Morgan fingerprint density at radius 1 is 1.09 bits per heavy atom. The molecule has 8 heteroatoms. The van der Waals surface area contributed by atoms with Gasteiger partial charge in [0.05, 0.1) is 5.92 Å². The number of amides is 2. The van der Waals surface area contributed by atoms with Crippen molar-refractivity contribution in [2.24, 2.45) is 5.92 Å². The Kier molecular flexibility index (Phi) is 6.86. The van der Waals surface area contributed by atoms with Gasteiger partial charge in [-0.15, -0.1) is 10.2 Å². The van der Waals surface area contributed by atoms with E-state index in [0.29, 0.717) is 32.0 Å². The van der Waals surface area contributed by atoms with E-state index >= 15 is 0 Å². The van der Waals surface area contributed by atoms with Gasteiger partial charge in [-0.3, -0.25) is 9.59 Å². The van der Waals surface area contributed by atoms with Crippen molar-refractivity contribution < 1.29 is 9.59 Å². The van der Waals surface area contributed by atoms with Gasteiger partial charge in [0.1, 0.15) is 5.01 Å². The Bertz CT molecular complexity index is 1040. The van der Waals surface area contributed by atoms with Crippen molar-refractivity contribution in [3.8, 4) is 0 Å². The average molecular weight is 482 g/mol. The number of para-hydroxylation sites is 1. The van der Waals surface area contributed by atoms with Crippen LogP contribution in [0, 0.1) is 12.8 Å². The normalized spacial score (nSPS) is 22.0. The molecule has 1 atom stereocenters. The summed E-state index contributed by atoms with van der Waals surface area (Å²) >= 11 is 1.73. The first kappa shape index (κ1) is 23.3. The fourth-order valence-electron chi connectivity index (χ4n) is 5.73. The molecule has 182 valence electrons. The van der Waals surface area contributed by atoms with Gasteiger partial charge in [-0.05, 0) is 37.3 Å². The van der Waals surface area contributed by atoms with E-state index in [-0.39, 0.29) is 17.7 Å². The summed E-state index contributed by atoms with van der Waals surface area (Å²) in [7, 11) is 0. The van der Waals surface area contributed by atoms with Crippen molar-refractivity contribution in [1.82, 2.24) is 15.1 Å². The van der Waals surface area contributed by atoms with E-state index < -0.39 is 0 Å². The summed E-state index contributed by atoms with van der Waals surface area (Å²) in [5.74, 6) is 0.488. The topological polar surface area (TPSA) is 69.6 Å². The van der Waals surface area contributed by atoms with E-state index in [1.165, 1.54) is 42.7 Å². The molecular weight excluding hydrogens is 446 g/mol. The molecule has 3 heterocycles. The summed E-state index contributed by atoms with van der Waals surface area (Å²) in [4.78, 5) is 32.3. The van der Waals surface area contributed by atoms with Crippen LogP contribution in [0.2, 0.25) is 0 Å². The Hall–Kier alpha value is -2.48. The largest absolute Gasteiger partial charge is 0.343 e. The number of rotatable bonds is 5. The van der Waals surface area contributed by atoms with Gasteiger partial charge in [0.25, 0.3) is 0 Å². The van der Waals surface area contributed by atoms with E-state index in [1.807, 2.05) is 28.9 Å². The second kappa shape index (κ2) is 10.0. The number of benzene rings is 1. The smallest absolute Gasteiger partial charge is 0.228 e.